The minimum Gasteiger partial charge on any atom is -0.384 e. The smallest absolute Gasteiger partial charge is 0.107 e. The molecule has 15 heavy (non-hydrogen) atoms. The van der Waals surface area contributed by atoms with Crippen molar-refractivity contribution in [3.63, 3.8) is 0 Å². The molecule has 0 aliphatic heterocycles. The Morgan fingerprint density at radius 2 is 2.07 bits per heavy atom. The summed E-state index contributed by atoms with van der Waals surface area (Å²) < 4.78 is 13.2. The van der Waals surface area contributed by atoms with E-state index in [2.05, 4.69) is 11.4 Å². The minimum absolute atomic E-state index is 0.423. The molecule has 0 saturated heterocycles. The zero-order chi connectivity index (χ0) is 11.3. The Balaban J connectivity index is 2.55. The molecule has 0 fully saturated rings. The number of anilines is 1. The number of alkyl halides is 1. The Labute approximate surface area is 89.7 Å². The van der Waals surface area contributed by atoms with Crippen LogP contribution in [0.5, 0.6) is 0 Å². The van der Waals surface area contributed by atoms with Gasteiger partial charge in [-0.15, -0.1) is 0 Å². The quantitative estimate of drug-likeness (QED) is 0.821. The minimum atomic E-state index is -1.17. The lowest BCUT2D eigenvalue weighted by Gasteiger charge is -2.15. The van der Waals surface area contributed by atoms with Crippen LogP contribution in [0.3, 0.4) is 0 Å². The fraction of sp³-hybridized carbons (Fsp3) is 0.417. The summed E-state index contributed by atoms with van der Waals surface area (Å²) in [6.07, 6.45) is 0.423. The van der Waals surface area contributed by atoms with Gasteiger partial charge in [0.2, 0.25) is 0 Å². The molecule has 1 aromatic rings. The zero-order valence-corrected chi connectivity index (χ0v) is 9.05. The third-order valence-electron chi connectivity index (χ3n) is 2.08. The van der Waals surface area contributed by atoms with Gasteiger partial charge < -0.3 is 5.32 Å². The first-order valence-electron chi connectivity index (χ1n) is 4.95. The SMILES string of the molecule is CC(C)(F)CCNc1ccccc1C#N. The Bertz CT molecular complexity index is 361. The summed E-state index contributed by atoms with van der Waals surface area (Å²) in [4.78, 5) is 0. The van der Waals surface area contributed by atoms with Crippen molar-refractivity contribution in [2.24, 2.45) is 0 Å². The molecule has 1 aromatic carbocycles. The Hall–Kier alpha value is -1.56. The van der Waals surface area contributed by atoms with Gasteiger partial charge in [0.25, 0.3) is 0 Å². The fourth-order valence-electron chi connectivity index (χ4n) is 1.23. The first kappa shape index (κ1) is 11.5. The van der Waals surface area contributed by atoms with Gasteiger partial charge in [-0.25, -0.2) is 4.39 Å². The van der Waals surface area contributed by atoms with Gasteiger partial charge in [-0.2, -0.15) is 5.26 Å². The van der Waals surface area contributed by atoms with E-state index in [0.29, 0.717) is 18.5 Å². The van der Waals surface area contributed by atoms with E-state index >= 15 is 0 Å². The van der Waals surface area contributed by atoms with Crippen LogP contribution in [0, 0.1) is 11.3 Å². The Morgan fingerprint density at radius 3 is 2.67 bits per heavy atom. The summed E-state index contributed by atoms with van der Waals surface area (Å²) in [6, 6.07) is 9.31. The maximum absolute atomic E-state index is 13.2. The first-order chi connectivity index (χ1) is 7.03. The zero-order valence-electron chi connectivity index (χ0n) is 9.05. The van der Waals surface area contributed by atoms with Crippen LogP contribution in [-0.2, 0) is 0 Å². The maximum Gasteiger partial charge on any atom is 0.107 e. The highest BCUT2D eigenvalue weighted by atomic mass is 19.1. The number of hydrogen-bond acceptors (Lipinski definition) is 2. The third-order valence-corrected chi connectivity index (χ3v) is 2.08. The number of nitriles is 1. The normalized spacial score (nSPS) is 10.8. The lowest BCUT2D eigenvalue weighted by molar-refractivity contribution is 0.207. The van der Waals surface area contributed by atoms with E-state index in [1.54, 1.807) is 19.9 Å². The van der Waals surface area contributed by atoms with Crippen LogP contribution in [-0.4, -0.2) is 12.2 Å². The van der Waals surface area contributed by atoms with Gasteiger partial charge in [0.15, 0.2) is 0 Å². The van der Waals surface area contributed by atoms with Gasteiger partial charge in [-0.05, 0) is 32.4 Å². The summed E-state index contributed by atoms with van der Waals surface area (Å²) in [5, 5.41) is 11.9. The summed E-state index contributed by atoms with van der Waals surface area (Å²) in [5.74, 6) is 0. The molecule has 3 heteroatoms. The average Bonchev–Trinajstić information content (AvgIpc) is 2.16. The summed E-state index contributed by atoms with van der Waals surface area (Å²) in [5.41, 5.74) is 0.188. The maximum atomic E-state index is 13.2. The molecule has 0 heterocycles. The van der Waals surface area contributed by atoms with Crippen molar-refractivity contribution < 1.29 is 4.39 Å². The van der Waals surface area contributed by atoms with Gasteiger partial charge in [0.05, 0.1) is 11.3 Å². The van der Waals surface area contributed by atoms with E-state index in [0.717, 1.165) is 5.69 Å². The highest BCUT2D eigenvalue weighted by molar-refractivity contribution is 5.57. The predicted molar refractivity (Wildman–Crippen MR) is 59.5 cm³/mol. The Kier molecular flexibility index (Phi) is 3.68. The van der Waals surface area contributed by atoms with Crippen molar-refractivity contribution in [2.45, 2.75) is 25.9 Å². The van der Waals surface area contributed by atoms with E-state index < -0.39 is 5.67 Å². The monoisotopic (exact) mass is 206 g/mol. The number of hydrogen-bond donors (Lipinski definition) is 1. The molecule has 0 radical (unpaired) electrons. The van der Waals surface area contributed by atoms with Crippen LogP contribution in [0.25, 0.3) is 0 Å². The molecule has 0 atom stereocenters. The number of nitrogens with one attached hydrogen (secondary N) is 1. The fourth-order valence-corrected chi connectivity index (χ4v) is 1.23. The van der Waals surface area contributed by atoms with Crippen LogP contribution in [0.15, 0.2) is 24.3 Å². The lowest BCUT2D eigenvalue weighted by atomic mass is 10.1. The molecule has 1 N–H and O–H groups in total. The van der Waals surface area contributed by atoms with Gasteiger partial charge in [0, 0.05) is 6.54 Å². The molecule has 0 aromatic heterocycles. The first-order valence-corrected chi connectivity index (χ1v) is 4.95. The molecule has 0 amide bonds. The topological polar surface area (TPSA) is 35.8 Å². The highest BCUT2D eigenvalue weighted by Crippen LogP contribution is 2.16. The molecule has 1 rings (SSSR count). The lowest BCUT2D eigenvalue weighted by Crippen LogP contribution is -2.17. The second-order valence-corrected chi connectivity index (χ2v) is 4.05. The van der Waals surface area contributed by atoms with E-state index in [9.17, 15) is 4.39 Å². The Morgan fingerprint density at radius 1 is 1.40 bits per heavy atom. The molecule has 0 unspecified atom stereocenters. The van der Waals surface area contributed by atoms with Crippen LogP contribution < -0.4 is 5.32 Å². The van der Waals surface area contributed by atoms with Crippen molar-refractivity contribution in [3.8, 4) is 6.07 Å². The number of para-hydroxylation sites is 1. The second kappa shape index (κ2) is 4.79. The molecule has 0 aliphatic carbocycles. The van der Waals surface area contributed by atoms with Crippen LogP contribution in [0.1, 0.15) is 25.8 Å². The standard InChI is InChI=1S/C12H15FN2/c1-12(2,13)7-8-15-11-6-4-3-5-10(11)9-14/h3-6,15H,7-8H2,1-2H3. The van der Waals surface area contributed by atoms with Crippen LogP contribution >= 0.6 is 0 Å². The highest BCUT2D eigenvalue weighted by Gasteiger charge is 2.14. The number of benzene rings is 1. The molecule has 2 nitrogen and oxygen atoms in total. The van der Waals surface area contributed by atoms with Crippen molar-refractivity contribution in [1.82, 2.24) is 0 Å². The number of halogens is 1. The van der Waals surface area contributed by atoms with Gasteiger partial charge >= 0.3 is 0 Å². The third kappa shape index (κ3) is 3.99. The molecule has 0 saturated carbocycles. The van der Waals surface area contributed by atoms with Crippen molar-refractivity contribution in [1.29, 1.82) is 5.26 Å². The average molecular weight is 206 g/mol. The van der Waals surface area contributed by atoms with Crippen LogP contribution in [0.4, 0.5) is 10.1 Å². The van der Waals surface area contributed by atoms with Crippen molar-refractivity contribution in [3.05, 3.63) is 29.8 Å². The van der Waals surface area contributed by atoms with E-state index in [-0.39, 0.29) is 0 Å². The van der Waals surface area contributed by atoms with E-state index in [1.165, 1.54) is 0 Å². The molecule has 80 valence electrons. The van der Waals surface area contributed by atoms with Gasteiger partial charge in [0.1, 0.15) is 11.7 Å². The molecule has 0 spiro atoms. The van der Waals surface area contributed by atoms with Crippen LogP contribution in [0.2, 0.25) is 0 Å². The summed E-state index contributed by atoms with van der Waals surface area (Å²) >= 11 is 0. The second-order valence-electron chi connectivity index (χ2n) is 4.05. The van der Waals surface area contributed by atoms with Crippen molar-refractivity contribution in [2.75, 3.05) is 11.9 Å². The van der Waals surface area contributed by atoms with E-state index in [1.807, 2.05) is 18.2 Å². The van der Waals surface area contributed by atoms with Crippen molar-refractivity contribution >= 4 is 5.69 Å². The number of nitrogens with zero attached hydrogens (tertiary/aromatic N) is 1. The predicted octanol–water partition coefficient (Wildman–Crippen LogP) is 3.11. The number of rotatable bonds is 4. The molecule has 0 aliphatic rings. The van der Waals surface area contributed by atoms with E-state index in [4.69, 9.17) is 5.26 Å². The molecule has 0 bridgehead atoms. The molecular weight excluding hydrogens is 191 g/mol. The largest absolute Gasteiger partial charge is 0.384 e. The molecular formula is C12H15FN2. The summed E-state index contributed by atoms with van der Waals surface area (Å²) in [7, 11) is 0. The van der Waals surface area contributed by atoms with Gasteiger partial charge in [-0.3, -0.25) is 0 Å². The summed E-state index contributed by atoms with van der Waals surface area (Å²) in [6.45, 7) is 3.62. The van der Waals surface area contributed by atoms with Gasteiger partial charge in [-0.1, -0.05) is 12.1 Å².